The molecule has 32 heavy (non-hydrogen) atoms. The molecular weight excluding hydrogens is 410 g/mol. The number of ether oxygens (including phenoxy) is 3. The number of carbonyl (C=O) groups is 2. The number of hydrogen-bond donors (Lipinski definition) is 1. The van der Waals surface area contributed by atoms with Crippen molar-refractivity contribution in [2.45, 2.75) is 13.5 Å². The smallest absolute Gasteiger partial charge is 0.325 e. The molecule has 0 atom stereocenters. The lowest BCUT2D eigenvalue weighted by Gasteiger charge is -2.30. The van der Waals surface area contributed by atoms with Gasteiger partial charge in [-0.05, 0) is 36.8 Å². The lowest BCUT2D eigenvalue weighted by atomic mass is 10.2. The SMILES string of the molecule is CCOC(=O)CNC(=O)N(CCN1CCOCC1)Cc1cccc(Oc2ccccc2)c1. The Morgan fingerprint density at radius 2 is 1.81 bits per heavy atom. The van der Waals surface area contributed by atoms with Crippen LogP contribution in [0.2, 0.25) is 0 Å². The van der Waals surface area contributed by atoms with Crippen LogP contribution < -0.4 is 10.1 Å². The van der Waals surface area contributed by atoms with E-state index in [2.05, 4.69) is 10.2 Å². The first-order valence-corrected chi connectivity index (χ1v) is 10.9. The summed E-state index contributed by atoms with van der Waals surface area (Å²) in [5.74, 6) is 1.00. The Morgan fingerprint density at radius 3 is 2.56 bits per heavy atom. The molecule has 8 nitrogen and oxygen atoms in total. The second-order valence-corrected chi connectivity index (χ2v) is 7.40. The van der Waals surface area contributed by atoms with Crippen molar-refractivity contribution in [1.29, 1.82) is 0 Å². The minimum atomic E-state index is -0.452. The summed E-state index contributed by atoms with van der Waals surface area (Å²) >= 11 is 0. The van der Waals surface area contributed by atoms with Gasteiger partial charge in [0.2, 0.25) is 0 Å². The maximum Gasteiger partial charge on any atom is 0.325 e. The Morgan fingerprint density at radius 1 is 1.06 bits per heavy atom. The maximum absolute atomic E-state index is 12.8. The van der Waals surface area contributed by atoms with Gasteiger partial charge in [0.25, 0.3) is 0 Å². The molecule has 1 fully saturated rings. The topological polar surface area (TPSA) is 80.3 Å². The first-order chi connectivity index (χ1) is 15.6. The number of para-hydroxylation sites is 1. The number of urea groups is 1. The molecule has 2 aromatic carbocycles. The molecule has 0 radical (unpaired) electrons. The fourth-order valence-electron chi connectivity index (χ4n) is 3.36. The monoisotopic (exact) mass is 441 g/mol. The van der Waals surface area contributed by atoms with Gasteiger partial charge in [0, 0.05) is 32.7 Å². The molecule has 1 aliphatic heterocycles. The van der Waals surface area contributed by atoms with Crippen molar-refractivity contribution >= 4 is 12.0 Å². The van der Waals surface area contributed by atoms with Gasteiger partial charge in [0.1, 0.15) is 18.0 Å². The van der Waals surface area contributed by atoms with Crippen molar-refractivity contribution in [3.63, 3.8) is 0 Å². The molecule has 0 bridgehead atoms. The van der Waals surface area contributed by atoms with E-state index in [4.69, 9.17) is 14.2 Å². The molecule has 2 aromatic rings. The van der Waals surface area contributed by atoms with Crippen LogP contribution >= 0.6 is 0 Å². The standard InChI is InChI=1S/C24H31N3O5/c1-2-31-23(28)18-25-24(29)27(12-11-26-13-15-30-16-14-26)19-20-7-6-10-22(17-20)32-21-8-4-3-5-9-21/h3-10,17H,2,11-16,18-19H2,1H3,(H,25,29). The average molecular weight is 442 g/mol. The minimum absolute atomic E-state index is 0.155. The Hall–Kier alpha value is -3.10. The summed E-state index contributed by atoms with van der Waals surface area (Å²) in [7, 11) is 0. The molecule has 0 saturated carbocycles. The van der Waals surface area contributed by atoms with Crippen molar-refractivity contribution < 1.29 is 23.8 Å². The average Bonchev–Trinajstić information content (AvgIpc) is 2.82. The summed E-state index contributed by atoms with van der Waals surface area (Å²) in [6, 6.07) is 16.9. The van der Waals surface area contributed by atoms with Gasteiger partial charge in [0.05, 0.1) is 19.8 Å². The van der Waals surface area contributed by atoms with Gasteiger partial charge in [-0.3, -0.25) is 9.69 Å². The zero-order valence-corrected chi connectivity index (χ0v) is 18.5. The van der Waals surface area contributed by atoms with E-state index in [-0.39, 0.29) is 19.2 Å². The van der Waals surface area contributed by atoms with Crippen LogP contribution in [0.4, 0.5) is 4.79 Å². The van der Waals surface area contributed by atoms with Gasteiger partial charge in [0.15, 0.2) is 0 Å². The van der Waals surface area contributed by atoms with E-state index in [0.717, 1.165) is 30.9 Å². The highest BCUT2D eigenvalue weighted by molar-refractivity contribution is 5.80. The fourth-order valence-corrected chi connectivity index (χ4v) is 3.36. The van der Waals surface area contributed by atoms with E-state index in [1.165, 1.54) is 0 Å². The summed E-state index contributed by atoms with van der Waals surface area (Å²) < 4.78 is 16.2. The number of morpholine rings is 1. The van der Waals surface area contributed by atoms with Crippen molar-refractivity contribution in [3.05, 3.63) is 60.2 Å². The summed E-state index contributed by atoms with van der Waals surface area (Å²) in [4.78, 5) is 28.5. The van der Waals surface area contributed by atoms with Crippen LogP contribution in [0.15, 0.2) is 54.6 Å². The normalized spacial score (nSPS) is 13.9. The van der Waals surface area contributed by atoms with Gasteiger partial charge < -0.3 is 24.4 Å². The molecule has 0 spiro atoms. The molecule has 0 aromatic heterocycles. The van der Waals surface area contributed by atoms with Crippen LogP contribution in [-0.2, 0) is 20.8 Å². The molecule has 8 heteroatoms. The molecule has 3 rings (SSSR count). The number of nitrogens with one attached hydrogen (secondary N) is 1. The van der Waals surface area contributed by atoms with E-state index in [9.17, 15) is 9.59 Å². The van der Waals surface area contributed by atoms with Crippen molar-refractivity contribution in [3.8, 4) is 11.5 Å². The molecule has 1 saturated heterocycles. The van der Waals surface area contributed by atoms with Crippen LogP contribution in [-0.4, -0.2) is 74.3 Å². The van der Waals surface area contributed by atoms with Crippen LogP contribution in [0, 0.1) is 0 Å². The number of amides is 2. The molecule has 1 N–H and O–H groups in total. The number of benzene rings is 2. The molecule has 1 aliphatic rings. The summed E-state index contributed by atoms with van der Waals surface area (Å²) in [5, 5.41) is 2.67. The van der Waals surface area contributed by atoms with Crippen LogP contribution in [0.3, 0.4) is 0 Å². The highest BCUT2D eigenvalue weighted by Crippen LogP contribution is 2.22. The third kappa shape index (κ3) is 7.86. The number of carbonyl (C=O) groups excluding carboxylic acids is 2. The van der Waals surface area contributed by atoms with E-state index in [0.29, 0.717) is 32.1 Å². The predicted molar refractivity (Wildman–Crippen MR) is 121 cm³/mol. The molecule has 1 heterocycles. The third-order valence-electron chi connectivity index (χ3n) is 5.02. The third-order valence-corrected chi connectivity index (χ3v) is 5.02. The number of rotatable bonds is 10. The van der Waals surface area contributed by atoms with Gasteiger partial charge in [-0.2, -0.15) is 0 Å². The van der Waals surface area contributed by atoms with E-state index < -0.39 is 5.97 Å². The van der Waals surface area contributed by atoms with Gasteiger partial charge in [-0.1, -0.05) is 30.3 Å². The highest BCUT2D eigenvalue weighted by atomic mass is 16.5. The zero-order valence-electron chi connectivity index (χ0n) is 18.5. The summed E-state index contributed by atoms with van der Waals surface area (Å²) in [5.41, 5.74) is 0.937. The Bertz CT molecular complexity index is 856. The largest absolute Gasteiger partial charge is 0.465 e. The van der Waals surface area contributed by atoms with Crippen molar-refractivity contribution in [2.75, 3.05) is 52.5 Å². The maximum atomic E-state index is 12.8. The van der Waals surface area contributed by atoms with Crippen molar-refractivity contribution in [1.82, 2.24) is 15.1 Å². The molecule has 0 aliphatic carbocycles. The zero-order chi connectivity index (χ0) is 22.6. The van der Waals surface area contributed by atoms with E-state index in [1.807, 2.05) is 54.6 Å². The molecule has 172 valence electrons. The Kier molecular flexibility index (Phi) is 9.34. The lowest BCUT2D eigenvalue weighted by molar-refractivity contribution is -0.141. The van der Waals surface area contributed by atoms with E-state index in [1.54, 1.807) is 11.8 Å². The number of nitrogens with zero attached hydrogens (tertiary/aromatic N) is 2. The molecular formula is C24H31N3O5. The van der Waals surface area contributed by atoms with E-state index >= 15 is 0 Å². The van der Waals surface area contributed by atoms with Crippen LogP contribution in [0.25, 0.3) is 0 Å². The van der Waals surface area contributed by atoms with Gasteiger partial charge in [-0.15, -0.1) is 0 Å². The highest BCUT2D eigenvalue weighted by Gasteiger charge is 2.18. The lowest BCUT2D eigenvalue weighted by Crippen LogP contribution is -2.46. The Labute approximate surface area is 189 Å². The van der Waals surface area contributed by atoms with Crippen LogP contribution in [0.5, 0.6) is 11.5 Å². The summed E-state index contributed by atoms with van der Waals surface area (Å²) in [6.07, 6.45) is 0. The first kappa shape index (κ1) is 23.6. The van der Waals surface area contributed by atoms with Gasteiger partial charge in [-0.25, -0.2) is 4.79 Å². The second-order valence-electron chi connectivity index (χ2n) is 7.40. The minimum Gasteiger partial charge on any atom is -0.465 e. The molecule has 2 amide bonds. The second kappa shape index (κ2) is 12.7. The van der Waals surface area contributed by atoms with Crippen molar-refractivity contribution in [2.24, 2.45) is 0 Å². The quantitative estimate of drug-likeness (QED) is 0.571. The fraction of sp³-hybridized carbons (Fsp3) is 0.417. The molecule has 0 unspecified atom stereocenters. The van der Waals surface area contributed by atoms with Crippen LogP contribution in [0.1, 0.15) is 12.5 Å². The summed E-state index contributed by atoms with van der Waals surface area (Å²) in [6.45, 7) is 6.61. The van der Waals surface area contributed by atoms with Gasteiger partial charge >= 0.3 is 12.0 Å². The predicted octanol–water partition coefficient (Wildman–Crippen LogP) is 2.89. The number of esters is 1. The first-order valence-electron chi connectivity index (χ1n) is 10.9. The number of hydrogen-bond acceptors (Lipinski definition) is 6. The Balaban J connectivity index is 1.64.